The zero-order valence-corrected chi connectivity index (χ0v) is 23.4. The van der Waals surface area contributed by atoms with E-state index in [0.29, 0.717) is 48.9 Å². The van der Waals surface area contributed by atoms with Crippen molar-refractivity contribution in [1.82, 2.24) is 10.6 Å². The van der Waals surface area contributed by atoms with E-state index in [4.69, 9.17) is 18.9 Å². The zero-order valence-electron chi connectivity index (χ0n) is 23.4. The fourth-order valence-electron chi connectivity index (χ4n) is 4.22. The summed E-state index contributed by atoms with van der Waals surface area (Å²) in [5, 5.41) is 5.98. The van der Waals surface area contributed by atoms with Gasteiger partial charge in [-0.3, -0.25) is 9.59 Å². The fraction of sp³-hybridized carbons (Fsp3) is 0.533. The number of ether oxygens (including phenoxy) is 4. The Morgan fingerprint density at radius 3 is 1.29 bits per heavy atom. The SMILES string of the molecule is COc1ccc(CCNC(=O)CCCCCCCCC(=O)NCCc2ccc(OC)c(OC)c2)cc1OC. The summed E-state index contributed by atoms with van der Waals surface area (Å²) in [5.74, 6) is 2.98. The molecule has 2 amide bonds. The van der Waals surface area contributed by atoms with E-state index in [0.717, 1.165) is 62.5 Å². The molecule has 0 atom stereocenters. The van der Waals surface area contributed by atoms with Gasteiger partial charge >= 0.3 is 0 Å². The topological polar surface area (TPSA) is 95.1 Å². The molecule has 0 unspecified atom stereocenters. The van der Waals surface area contributed by atoms with Crippen molar-refractivity contribution in [3.05, 3.63) is 47.5 Å². The van der Waals surface area contributed by atoms with E-state index >= 15 is 0 Å². The Morgan fingerprint density at radius 1 is 0.553 bits per heavy atom. The predicted octanol–water partition coefficient (Wildman–Crippen LogP) is 4.86. The Morgan fingerprint density at radius 2 is 0.921 bits per heavy atom. The van der Waals surface area contributed by atoms with Crippen LogP contribution in [-0.2, 0) is 22.4 Å². The van der Waals surface area contributed by atoms with Crippen molar-refractivity contribution in [2.45, 2.75) is 64.2 Å². The molecule has 8 heteroatoms. The molecular formula is C30H44N2O6. The van der Waals surface area contributed by atoms with Crippen molar-refractivity contribution in [3.63, 3.8) is 0 Å². The molecule has 2 N–H and O–H groups in total. The maximum absolute atomic E-state index is 12.1. The average Bonchev–Trinajstić information content (AvgIpc) is 2.94. The van der Waals surface area contributed by atoms with Crippen LogP contribution in [-0.4, -0.2) is 53.3 Å². The highest BCUT2D eigenvalue weighted by Crippen LogP contribution is 2.28. The van der Waals surface area contributed by atoms with Gasteiger partial charge in [0.2, 0.25) is 11.8 Å². The minimum absolute atomic E-state index is 0.0928. The van der Waals surface area contributed by atoms with Gasteiger partial charge in [0, 0.05) is 25.9 Å². The van der Waals surface area contributed by atoms with Crippen LogP contribution >= 0.6 is 0 Å². The zero-order chi connectivity index (χ0) is 27.6. The summed E-state index contributed by atoms with van der Waals surface area (Å²) < 4.78 is 21.1. The van der Waals surface area contributed by atoms with Crippen LogP contribution in [0.25, 0.3) is 0 Å². The molecule has 0 spiro atoms. The van der Waals surface area contributed by atoms with Crippen LogP contribution in [0.1, 0.15) is 62.5 Å². The third-order valence-electron chi connectivity index (χ3n) is 6.43. The highest BCUT2D eigenvalue weighted by molar-refractivity contribution is 5.76. The van der Waals surface area contributed by atoms with E-state index < -0.39 is 0 Å². The Labute approximate surface area is 227 Å². The highest BCUT2D eigenvalue weighted by Gasteiger charge is 2.07. The first-order valence-electron chi connectivity index (χ1n) is 13.5. The average molecular weight is 529 g/mol. The number of methoxy groups -OCH3 is 4. The van der Waals surface area contributed by atoms with E-state index in [2.05, 4.69) is 10.6 Å². The van der Waals surface area contributed by atoms with Crippen LogP contribution in [0.3, 0.4) is 0 Å². The number of rotatable bonds is 19. The van der Waals surface area contributed by atoms with Crippen LogP contribution in [0.15, 0.2) is 36.4 Å². The molecule has 0 aromatic heterocycles. The number of unbranched alkanes of at least 4 members (excludes halogenated alkanes) is 5. The molecule has 0 aliphatic rings. The molecule has 0 radical (unpaired) electrons. The third kappa shape index (κ3) is 11.3. The summed E-state index contributed by atoms with van der Waals surface area (Å²) in [7, 11) is 6.46. The Kier molecular flexibility index (Phi) is 14.5. The summed E-state index contributed by atoms with van der Waals surface area (Å²) in [5.41, 5.74) is 2.18. The Bertz CT molecular complexity index is 915. The molecule has 0 aliphatic heterocycles. The summed E-state index contributed by atoms with van der Waals surface area (Å²) >= 11 is 0. The number of carbonyl (C=O) groups excluding carboxylic acids is 2. The number of benzene rings is 2. The molecule has 210 valence electrons. The molecule has 0 heterocycles. The van der Waals surface area contributed by atoms with Gasteiger partial charge in [-0.05, 0) is 61.1 Å². The van der Waals surface area contributed by atoms with Gasteiger partial charge in [-0.15, -0.1) is 0 Å². The first-order valence-corrected chi connectivity index (χ1v) is 13.5. The monoisotopic (exact) mass is 528 g/mol. The smallest absolute Gasteiger partial charge is 0.220 e. The molecule has 0 saturated heterocycles. The largest absolute Gasteiger partial charge is 0.493 e. The Balaban J connectivity index is 1.45. The van der Waals surface area contributed by atoms with E-state index in [1.165, 1.54) is 0 Å². The van der Waals surface area contributed by atoms with Crippen LogP contribution in [0.2, 0.25) is 0 Å². The minimum atomic E-state index is 0.0928. The van der Waals surface area contributed by atoms with Gasteiger partial charge in [0.15, 0.2) is 23.0 Å². The van der Waals surface area contributed by atoms with E-state index in [-0.39, 0.29) is 11.8 Å². The van der Waals surface area contributed by atoms with Crippen molar-refractivity contribution in [2.75, 3.05) is 41.5 Å². The minimum Gasteiger partial charge on any atom is -0.493 e. The summed E-state index contributed by atoms with van der Waals surface area (Å²) in [6.45, 7) is 1.20. The summed E-state index contributed by atoms with van der Waals surface area (Å²) in [4.78, 5) is 24.2. The Hall–Kier alpha value is -3.42. The van der Waals surface area contributed by atoms with E-state index in [1.807, 2.05) is 36.4 Å². The van der Waals surface area contributed by atoms with Crippen molar-refractivity contribution in [1.29, 1.82) is 0 Å². The second kappa shape index (κ2) is 17.9. The van der Waals surface area contributed by atoms with Crippen molar-refractivity contribution < 1.29 is 28.5 Å². The fourth-order valence-corrected chi connectivity index (χ4v) is 4.22. The van der Waals surface area contributed by atoms with Crippen LogP contribution in [0.5, 0.6) is 23.0 Å². The first-order chi connectivity index (χ1) is 18.5. The second-order valence-corrected chi connectivity index (χ2v) is 9.20. The van der Waals surface area contributed by atoms with Crippen molar-refractivity contribution in [2.24, 2.45) is 0 Å². The molecule has 0 fully saturated rings. The highest BCUT2D eigenvalue weighted by atomic mass is 16.5. The van der Waals surface area contributed by atoms with Crippen molar-refractivity contribution in [3.8, 4) is 23.0 Å². The predicted molar refractivity (Wildman–Crippen MR) is 149 cm³/mol. The van der Waals surface area contributed by atoms with Gasteiger partial charge < -0.3 is 29.6 Å². The van der Waals surface area contributed by atoms with Gasteiger partial charge in [0.25, 0.3) is 0 Å². The number of hydrogen-bond acceptors (Lipinski definition) is 6. The molecule has 0 aliphatic carbocycles. The third-order valence-corrected chi connectivity index (χ3v) is 6.43. The number of hydrogen-bond donors (Lipinski definition) is 2. The first kappa shape index (κ1) is 30.8. The molecule has 2 rings (SSSR count). The second-order valence-electron chi connectivity index (χ2n) is 9.20. The number of amides is 2. The van der Waals surface area contributed by atoms with Crippen LogP contribution in [0, 0.1) is 0 Å². The van der Waals surface area contributed by atoms with E-state index in [9.17, 15) is 9.59 Å². The maximum atomic E-state index is 12.1. The van der Waals surface area contributed by atoms with Crippen molar-refractivity contribution >= 4 is 11.8 Å². The molecule has 0 bridgehead atoms. The molecule has 38 heavy (non-hydrogen) atoms. The van der Waals surface area contributed by atoms with Gasteiger partial charge in [0.05, 0.1) is 28.4 Å². The molecule has 8 nitrogen and oxygen atoms in total. The van der Waals surface area contributed by atoms with Crippen LogP contribution < -0.4 is 29.6 Å². The van der Waals surface area contributed by atoms with Crippen LogP contribution in [0.4, 0.5) is 0 Å². The van der Waals surface area contributed by atoms with Gasteiger partial charge in [-0.1, -0.05) is 37.8 Å². The lowest BCUT2D eigenvalue weighted by atomic mass is 10.1. The van der Waals surface area contributed by atoms with Gasteiger partial charge in [-0.25, -0.2) is 0 Å². The summed E-state index contributed by atoms with van der Waals surface area (Å²) in [6, 6.07) is 11.6. The lowest BCUT2D eigenvalue weighted by molar-refractivity contribution is -0.122. The standard InChI is InChI=1S/C30H44N2O6/c1-35-25-15-13-23(21-27(25)37-3)17-19-31-29(33)11-9-7-5-6-8-10-12-30(34)32-20-18-24-14-16-26(36-2)28(22-24)38-4/h13-16,21-22H,5-12,17-20H2,1-4H3,(H,31,33)(H,32,34). The molecular weight excluding hydrogens is 484 g/mol. The quantitative estimate of drug-likeness (QED) is 0.253. The normalized spacial score (nSPS) is 10.5. The lowest BCUT2D eigenvalue weighted by Gasteiger charge is -2.10. The number of nitrogens with one attached hydrogen (secondary N) is 2. The maximum Gasteiger partial charge on any atom is 0.220 e. The summed E-state index contributed by atoms with van der Waals surface area (Å²) in [6.07, 6.45) is 8.59. The van der Waals surface area contributed by atoms with Gasteiger partial charge in [0.1, 0.15) is 0 Å². The molecule has 2 aromatic carbocycles. The number of carbonyl (C=O) groups is 2. The van der Waals surface area contributed by atoms with Gasteiger partial charge in [-0.2, -0.15) is 0 Å². The van der Waals surface area contributed by atoms with E-state index in [1.54, 1.807) is 28.4 Å². The lowest BCUT2D eigenvalue weighted by Crippen LogP contribution is -2.25. The molecule has 0 saturated carbocycles. The molecule has 2 aromatic rings.